The van der Waals surface area contributed by atoms with Crippen LogP contribution in [-0.4, -0.2) is 19.5 Å². The summed E-state index contributed by atoms with van der Waals surface area (Å²) in [5, 5.41) is 2.39. The van der Waals surface area contributed by atoms with Crippen molar-refractivity contribution in [1.82, 2.24) is 19.5 Å². The third kappa shape index (κ3) is 8.03. The molecule has 0 saturated carbocycles. The van der Waals surface area contributed by atoms with Crippen molar-refractivity contribution in [2.75, 3.05) is 0 Å². The highest BCUT2D eigenvalue weighted by Crippen LogP contribution is 2.73. The molecular weight excluding hydrogens is 857 g/mol. The lowest BCUT2D eigenvalue weighted by atomic mass is 9.87. The Labute approximate surface area is 407 Å². The minimum Gasteiger partial charge on any atom is -0.309 e. The van der Waals surface area contributed by atoms with Crippen LogP contribution in [0.4, 0.5) is 0 Å². The van der Waals surface area contributed by atoms with Gasteiger partial charge < -0.3 is 4.57 Å². The molecule has 0 radical (unpaired) electrons. The number of rotatable bonds is 10. The lowest BCUT2D eigenvalue weighted by Crippen LogP contribution is -2.10. The molecule has 0 spiro atoms. The number of fused-ring (bicyclic) bond motifs is 3. The Balaban J connectivity index is 1.18. The second-order valence-electron chi connectivity index (χ2n) is 19.1. The minimum atomic E-state index is -1.93. The van der Waals surface area contributed by atoms with Crippen molar-refractivity contribution in [3.63, 3.8) is 0 Å². The Bertz CT molecular complexity index is 3440. The normalized spacial score (nSPS) is 12.2. The Kier molecular flexibility index (Phi) is 11.4. The number of hydrogen-bond acceptors (Lipinski definition) is 3. The van der Waals surface area contributed by atoms with Gasteiger partial charge in [-0.05, 0) is 106 Å². The number of aromatic nitrogens is 4. The maximum absolute atomic E-state index is 5.45. The molecule has 0 aliphatic heterocycles. The quantitative estimate of drug-likeness (QED) is 0.137. The van der Waals surface area contributed by atoms with Gasteiger partial charge in [0.1, 0.15) is 0 Å². The van der Waals surface area contributed by atoms with E-state index in [1.807, 2.05) is 0 Å². The molecule has 0 fully saturated rings. The van der Waals surface area contributed by atoms with Gasteiger partial charge in [0.15, 0.2) is 17.5 Å². The molecule has 11 aromatic rings. The maximum Gasteiger partial charge on any atom is 0.166 e. The van der Waals surface area contributed by atoms with E-state index in [4.69, 9.17) is 15.0 Å². The zero-order valence-corrected chi connectivity index (χ0v) is 40.5. The number of para-hydroxylation sites is 2. The molecule has 336 valence electrons. The van der Waals surface area contributed by atoms with Crippen molar-refractivity contribution < 1.29 is 0 Å². The highest BCUT2D eigenvalue weighted by atomic mass is 32.3. The van der Waals surface area contributed by atoms with Crippen LogP contribution in [0.5, 0.6) is 0 Å². The summed E-state index contributed by atoms with van der Waals surface area (Å²) >= 11 is 0. The van der Waals surface area contributed by atoms with E-state index in [9.17, 15) is 0 Å². The van der Waals surface area contributed by atoms with E-state index in [1.165, 1.54) is 41.5 Å². The molecule has 5 heteroatoms. The second kappa shape index (κ2) is 18.0. The molecule has 0 aliphatic rings. The average molecular weight is 911 g/mol. The van der Waals surface area contributed by atoms with Crippen molar-refractivity contribution >= 4 is 31.8 Å². The van der Waals surface area contributed by atoms with Gasteiger partial charge in [0.25, 0.3) is 0 Å². The number of benzene rings is 9. The van der Waals surface area contributed by atoms with Crippen LogP contribution in [0.2, 0.25) is 0 Å². The van der Waals surface area contributed by atoms with Crippen LogP contribution in [0.1, 0.15) is 51.7 Å². The topological polar surface area (TPSA) is 43.6 Å². The highest BCUT2D eigenvalue weighted by Gasteiger charge is 2.33. The van der Waals surface area contributed by atoms with Crippen molar-refractivity contribution in [2.45, 2.75) is 65.5 Å². The SMILES string of the molecule is CC(C)c1ccc(-c2nc(-c3ccc(C(C)(C)C)cc3)nc(-c3cc(-c4cccc(S(c5ccccc5)(c5ccccc5)c5ccccc5)c4)ccc3-n3c4ccccc4c4ccccc43)n2)cc1. The summed E-state index contributed by atoms with van der Waals surface area (Å²) < 4.78 is 2.38. The van der Waals surface area contributed by atoms with E-state index in [2.05, 4.69) is 270 Å². The molecule has 0 saturated heterocycles. The van der Waals surface area contributed by atoms with Gasteiger partial charge in [0.2, 0.25) is 0 Å². The molecule has 2 heterocycles. The Morgan fingerprint density at radius 3 is 1.33 bits per heavy atom. The van der Waals surface area contributed by atoms with E-state index in [1.54, 1.807) is 0 Å². The molecule has 9 aromatic carbocycles. The number of hydrogen-bond donors (Lipinski definition) is 0. The predicted octanol–water partition coefficient (Wildman–Crippen LogP) is 17.4. The Morgan fingerprint density at radius 1 is 0.391 bits per heavy atom. The summed E-state index contributed by atoms with van der Waals surface area (Å²) in [5.41, 5.74) is 10.7. The first-order valence-electron chi connectivity index (χ1n) is 23.9. The highest BCUT2D eigenvalue weighted by molar-refractivity contribution is 8.34. The number of nitrogens with zero attached hydrogens (tertiary/aromatic N) is 4. The van der Waals surface area contributed by atoms with Gasteiger partial charge >= 0.3 is 0 Å². The zero-order chi connectivity index (χ0) is 47.1. The summed E-state index contributed by atoms with van der Waals surface area (Å²) in [4.78, 5) is 21.2. The maximum atomic E-state index is 5.45. The van der Waals surface area contributed by atoms with Crippen LogP contribution in [0.15, 0.2) is 250 Å². The van der Waals surface area contributed by atoms with Crippen molar-refractivity contribution in [1.29, 1.82) is 0 Å². The molecule has 0 aliphatic carbocycles. The van der Waals surface area contributed by atoms with Crippen LogP contribution in [0.3, 0.4) is 0 Å². The van der Waals surface area contributed by atoms with Crippen molar-refractivity contribution in [2.24, 2.45) is 0 Å². The average Bonchev–Trinajstić information content (AvgIpc) is 3.73. The van der Waals surface area contributed by atoms with Gasteiger partial charge in [-0.1, -0.05) is 192 Å². The molecule has 11 rings (SSSR count). The second-order valence-corrected chi connectivity index (χ2v) is 22.2. The summed E-state index contributed by atoms with van der Waals surface area (Å²) in [6, 6.07) is 83.9. The van der Waals surface area contributed by atoms with E-state index in [0.29, 0.717) is 23.4 Å². The summed E-state index contributed by atoms with van der Waals surface area (Å²) in [7, 11) is -1.93. The summed E-state index contributed by atoms with van der Waals surface area (Å²) in [6.07, 6.45) is 0. The molecule has 0 atom stereocenters. The van der Waals surface area contributed by atoms with Crippen LogP contribution in [0, 0.1) is 0 Å². The Hall–Kier alpha value is -7.86. The van der Waals surface area contributed by atoms with Crippen molar-refractivity contribution in [3.8, 4) is 51.0 Å². The lowest BCUT2D eigenvalue weighted by Gasteiger charge is -2.42. The van der Waals surface area contributed by atoms with E-state index >= 15 is 0 Å². The standard InChI is InChI=1S/C64H54N4S/c1-44(2)45-32-34-46(35-33-45)61-65-62(47-36-39-50(40-37-47)64(3,4)5)67-63(66-61)57-43-49(38-41-60(57)68-58-30-17-15-28-55(58)56-29-16-18-31-59(56)68)48-20-19-27-54(42-48)69(51-21-9-6-10-22-51,52-23-11-7-12-24-52)53-25-13-8-14-26-53/h6-44H,1-5H3. The predicted molar refractivity (Wildman–Crippen MR) is 289 cm³/mol. The third-order valence-electron chi connectivity index (χ3n) is 13.3. The molecule has 0 unspecified atom stereocenters. The molecule has 0 amide bonds. The smallest absolute Gasteiger partial charge is 0.166 e. The van der Waals surface area contributed by atoms with Crippen LogP contribution >= 0.6 is 10.0 Å². The summed E-state index contributed by atoms with van der Waals surface area (Å²) in [5.74, 6) is 2.27. The molecule has 69 heavy (non-hydrogen) atoms. The van der Waals surface area contributed by atoms with Gasteiger partial charge in [-0.25, -0.2) is 15.0 Å². The van der Waals surface area contributed by atoms with Crippen LogP contribution < -0.4 is 0 Å². The third-order valence-corrected chi connectivity index (χ3v) is 17.2. The van der Waals surface area contributed by atoms with Gasteiger partial charge in [-0.2, -0.15) is 0 Å². The molecule has 0 bridgehead atoms. The lowest BCUT2D eigenvalue weighted by molar-refractivity contribution is 0.590. The Morgan fingerprint density at radius 2 is 0.826 bits per heavy atom. The van der Waals surface area contributed by atoms with Crippen LogP contribution in [0.25, 0.3) is 72.8 Å². The van der Waals surface area contributed by atoms with E-state index < -0.39 is 10.0 Å². The molecule has 0 N–H and O–H groups in total. The molecular formula is C64H54N4S. The fraction of sp³-hybridized carbons (Fsp3) is 0.109. The van der Waals surface area contributed by atoms with Gasteiger partial charge in [-0.3, -0.25) is 0 Å². The zero-order valence-electron chi connectivity index (χ0n) is 39.7. The molecule has 2 aromatic heterocycles. The molecule has 4 nitrogen and oxygen atoms in total. The van der Waals surface area contributed by atoms with Crippen LogP contribution in [-0.2, 0) is 5.41 Å². The van der Waals surface area contributed by atoms with Gasteiger partial charge in [-0.15, -0.1) is 10.0 Å². The monoisotopic (exact) mass is 910 g/mol. The first-order chi connectivity index (χ1) is 33.7. The van der Waals surface area contributed by atoms with E-state index in [0.717, 1.165) is 44.5 Å². The fourth-order valence-electron chi connectivity index (χ4n) is 9.72. The van der Waals surface area contributed by atoms with Gasteiger partial charge in [0, 0.05) is 47.0 Å². The fourth-order valence-corrected chi connectivity index (χ4v) is 13.6. The largest absolute Gasteiger partial charge is 0.309 e. The first-order valence-corrected chi connectivity index (χ1v) is 25.5. The first kappa shape index (κ1) is 43.7. The summed E-state index contributed by atoms with van der Waals surface area (Å²) in [6.45, 7) is 11.2. The minimum absolute atomic E-state index is 0.00547. The van der Waals surface area contributed by atoms with Gasteiger partial charge in [0.05, 0.1) is 16.7 Å². The van der Waals surface area contributed by atoms with Crippen molar-refractivity contribution in [3.05, 3.63) is 242 Å². The van der Waals surface area contributed by atoms with E-state index in [-0.39, 0.29) is 5.41 Å².